The predicted octanol–water partition coefficient (Wildman–Crippen LogP) is 4.26. The van der Waals surface area contributed by atoms with E-state index in [9.17, 15) is 0 Å². The Kier molecular flexibility index (Phi) is 3.61. The highest BCUT2D eigenvalue weighted by Gasteiger charge is 2.12. The highest BCUT2D eigenvalue weighted by Crippen LogP contribution is 2.21. The van der Waals surface area contributed by atoms with Crippen molar-refractivity contribution in [1.82, 2.24) is 5.32 Å². The van der Waals surface area contributed by atoms with Crippen molar-refractivity contribution in [3.63, 3.8) is 0 Å². The van der Waals surface area contributed by atoms with E-state index in [0.29, 0.717) is 0 Å². The molecule has 2 aromatic rings. The van der Waals surface area contributed by atoms with Gasteiger partial charge in [-0.15, -0.1) is 0 Å². The van der Waals surface area contributed by atoms with E-state index in [0.717, 1.165) is 12.6 Å². The molecule has 1 aliphatic carbocycles. The molecule has 1 aliphatic rings. The van der Waals surface area contributed by atoms with Crippen molar-refractivity contribution in [3.05, 3.63) is 48.0 Å². The number of fused-ring (bicyclic) bond motifs is 1. The van der Waals surface area contributed by atoms with E-state index in [2.05, 4.69) is 47.8 Å². The molecular formula is C17H21N. The van der Waals surface area contributed by atoms with Crippen molar-refractivity contribution in [3.8, 4) is 0 Å². The molecule has 0 radical (unpaired) electrons. The molecule has 0 atom stereocenters. The van der Waals surface area contributed by atoms with Crippen LogP contribution < -0.4 is 5.32 Å². The fraction of sp³-hybridized carbons (Fsp3) is 0.412. The van der Waals surface area contributed by atoms with Crippen LogP contribution in [-0.4, -0.2) is 6.04 Å². The van der Waals surface area contributed by atoms with Gasteiger partial charge in [0, 0.05) is 12.6 Å². The molecule has 1 N–H and O–H groups in total. The van der Waals surface area contributed by atoms with Crippen LogP contribution in [0.15, 0.2) is 42.5 Å². The van der Waals surface area contributed by atoms with Crippen molar-refractivity contribution in [2.24, 2.45) is 0 Å². The molecule has 0 amide bonds. The molecule has 18 heavy (non-hydrogen) atoms. The van der Waals surface area contributed by atoms with Crippen LogP contribution in [0, 0.1) is 0 Å². The summed E-state index contributed by atoms with van der Waals surface area (Å²) in [4.78, 5) is 0. The van der Waals surface area contributed by atoms with Crippen LogP contribution in [0.3, 0.4) is 0 Å². The quantitative estimate of drug-likeness (QED) is 0.843. The lowest BCUT2D eigenvalue weighted by atomic mass is 9.95. The van der Waals surface area contributed by atoms with Crippen LogP contribution >= 0.6 is 0 Å². The van der Waals surface area contributed by atoms with E-state index in [1.165, 1.54) is 48.4 Å². The van der Waals surface area contributed by atoms with E-state index in [4.69, 9.17) is 0 Å². The van der Waals surface area contributed by atoms with Gasteiger partial charge in [0.2, 0.25) is 0 Å². The second-order valence-corrected chi connectivity index (χ2v) is 5.35. The third kappa shape index (κ3) is 2.56. The lowest BCUT2D eigenvalue weighted by molar-refractivity contribution is 0.373. The van der Waals surface area contributed by atoms with E-state index in [-0.39, 0.29) is 0 Å². The summed E-state index contributed by atoms with van der Waals surface area (Å²) in [7, 11) is 0. The minimum Gasteiger partial charge on any atom is -0.310 e. The molecule has 0 saturated heterocycles. The smallest absolute Gasteiger partial charge is 0.0214 e. The molecule has 0 aromatic heterocycles. The van der Waals surface area contributed by atoms with Crippen molar-refractivity contribution in [1.29, 1.82) is 0 Å². The van der Waals surface area contributed by atoms with Crippen molar-refractivity contribution in [2.45, 2.75) is 44.7 Å². The maximum atomic E-state index is 3.73. The van der Waals surface area contributed by atoms with Crippen molar-refractivity contribution >= 4 is 10.8 Å². The summed E-state index contributed by atoms with van der Waals surface area (Å²) in [5.41, 5.74) is 1.43. The number of benzene rings is 2. The third-order valence-corrected chi connectivity index (χ3v) is 4.07. The fourth-order valence-corrected chi connectivity index (χ4v) is 3.01. The first-order valence-electron chi connectivity index (χ1n) is 7.13. The molecule has 1 saturated carbocycles. The maximum Gasteiger partial charge on any atom is 0.0214 e. The lowest BCUT2D eigenvalue weighted by Crippen LogP contribution is -2.30. The minimum absolute atomic E-state index is 0.734. The zero-order chi connectivity index (χ0) is 12.2. The van der Waals surface area contributed by atoms with Gasteiger partial charge in [-0.3, -0.25) is 0 Å². The number of rotatable bonds is 3. The number of nitrogens with one attached hydrogen (secondary N) is 1. The van der Waals surface area contributed by atoms with Gasteiger partial charge >= 0.3 is 0 Å². The van der Waals surface area contributed by atoms with Crippen molar-refractivity contribution < 1.29 is 0 Å². The van der Waals surface area contributed by atoms with Gasteiger partial charge in [0.25, 0.3) is 0 Å². The summed E-state index contributed by atoms with van der Waals surface area (Å²) < 4.78 is 0. The van der Waals surface area contributed by atoms with Crippen LogP contribution in [0.4, 0.5) is 0 Å². The molecule has 0 heterocycles. The van der Waals surface area contributed by atoms with Gasteiger partial charge in [-0.05, 0) is 29.2 Å². The summed E-state index contributed by atoms with van der Waals surface area (Å²) in [6.07, 6.45) is 6.92. The fourth-order valence-electron chi connectivity index (χ4n) is 3.01. The molecule has 2 aromatic carbocycles. The molecule has 0 aliphatic heterocycles. The van der Waals surface area contributed by atoms with Gasteiger partial charge in [-0.2, -0.15) is 0 Å². The zero-order valence-corrected chi connectivity index (χ0v) is 10.9. The Morgan fingerprint density at radius 1 is 0.889 bits per heavy atom. The Bertz CT molecular complexity index is 507. The van der Waals surface area contributed by atoms with Crippen LogP contribution in [-0.2, 0) is 6.54 Å². The summed E-state index contributed by atoms with van der Waals surface area (Å²) >= 11 is 0. The molecule has 1 fully saturated rings. The number of hydrogen-bond acceptors (Lipinski definition) is 1. The first kappa shape index (κ1) is 11.7. The molecule has 94 valence electrons. The maximum absolute atomic E-state index is 3.73. The van der Waals surface area contributed by atoms with Crippen LogP contribution in [0.2, 0.25) is 0 Å². The standard InChI is InChI=1S/C17H21N/c1-2-10-16(11-3-1)18-13-15-9-6-8-14-7-4-5-12-17(14)15/h4-9,12,16,18H,1-3,10-11,13H2. The van der Waals surface area contributed by atoms with Gasteiger partial charge in [-0.25, -0.2) is 0 Å². The molecular weight excluding hydrogens is 218 g/mol. The normalized spacial score (nSPS) is 17.1. The first-order valence-corrected chi connectivity index (χ1v) is 7.13. The topological polar surface area (TPSA) is 12.0 Å². The molecule has 1 heteroatoms. The second kappa shape index (κ2) is 5.53. The van der Waals surface area contributed by atoms with Gasteiger partial charge in [0.05, 0.1) is 0 Å². The summed E-state index contributed by atoms with van der Waals surface area (Å²) in [5.74, 6) is 0. The Morgan fingerprint density at radius 2 is 1.67 bits per heavy atom. The average molecular weight is 239 g/mol. The molecule has 0 bridgehead atoms. The molecule has 0 unspecified atom stereocenters. The highest BCUT2D eigenvalue weighted by molar-refractivity contribution is 5.85. The summed E-state index contributed by atoms with van der Waals surface area (Å²) in [6.45, 7) is 1.01. The monoisotopic (exact) mass is 239 g/mol. The molecule has 0 spiro atoms. The molecule has 1 nitrogen and oxygen atoms in total. The first-order chi connectivity index (χ1) is 8.93. The zero-order valence-electron chi connectivity index (χ0n) is 10.9. The Hall–Kier alpha value is -1.34. The summed E-state index contributed by atoms with van der Waals surface area (Å²) in [5, 5.41) is 6.47. The van der Waals surface area contributed by atoms with Crippen LogP contribution in [0.1, 0.15) is 37.7 Å². The van der Waals surface area contributed by atoms with Gasteiger partial charge < -0.3 is 5.32 Å². The van der Waals surface area contributed by atoms with Crippen LogP contribution in [0.25, 0.3) is 10.8 Å². The van der Waals surface area contributed by atoms with E-state index in [1.807, 2.05) is 0 Å². The Morgan fingerprint density at radius 3 is 2.56 bits per heavy atom. The largest absolute Gasteiger partial charge is 0.310 e. The average Bonchev–Trinajstić information content (AvgIpc) is 2.46. The minimum atomic E-state index is 0.734. The number of hydrogen-bond donors (Lipinski definition) is 1. The SMILES string of the molecule is c1ccc2c(CNC3CCCCC3)cccc2c1. The Labute approximate surface area is 109 Å². The van der Waals surface area contributed by atoms with E-state index in [1.54, 1.807) is 0 Å². The Balaban J connectivity index is 1.74. The molecule has 3 rings (SSSR count). The highest BCUT2D eigenvalue weighted by atomic mass is 14.9. The van der Waals surface area contributed by atoms with Gasteiger partial charge in [0.15, 0.2) is 0 Å². The van der Waals surface area contributed by atoms with Crippen LogP contribution in [0.5, 0.6) is 0 Å². The third-order valence-electron chi connectivity index (χ3n) is 4.07. The van der Waals surface area contributed by atoms with E-state index < -0.39 is 0 Å². The lowest BCUT2D eigenvalue weighted by Gasteiger charge is -2.23. The van der Waals surface area contributed by atoms with E-state index >= 15 is 0 Å². The predicted molar refractivity (Wildman–Crippen MR) is 77.7 cm³/mol. The van der Waals surface area contributed by atoms with Gasteiger partial charge in [-0.1, -0.05) is 61.7 Å². The van der Waals surface area contributed by atoms with Crippen molar-refractivity contribution in [2.75, 3.05) is 0 Å². The second-order valence-electron chi connectivity index (χ2n) is 5.35. The summed E-state index contributed by atoms with van der Waals surface area (Å²) in [6, 6.07) is 16.0. The van der Waals surface area contributed by atoms with Gasteiger partial charge in [0.1, 0.15) is 0 Å².